The van der Waals surface area contributed by atoms with E-state index in [1.54, 1.807) is 18.2 Å². The molecular formula is C18H13ClN4O3S2. The van der Waals surface area contributed by atoms with Gasteiger partial charge in [-0.05, 0) is 36.8 Å². The molecule has 0 fully saturated rings. The zero-order valence-electron chi connectivity index (χ0n) is 14.3. The van der Waals surface area contributed by atoms with Crippen LogP contribution in [-0.2, 0) is 11.2 Å². The second kappa shape index (κ2) is 8.09. The number of thiazole rings is 2. The fourth-order valence-electron chi connectivity index (χ4n) is 2.42. The average molecular weight is 433 g/mol. The van der Waals surface area contributed by atoms with E-state index in [1.807, 2.05) is 17.5 Å². The molecule has 28 heavy (non-hydrogen) atoms. The molecule has 142 valence electrons. The Hall–Kier alpha value is -2.75. The van der Waals surface area contributed by atoms with Crippen molar-refractivity contribution in [2.45, 2.75) is 12.8 Å². The van der Waals surface area contributed by atoms with E-state index in [4.69, 9.17) is 16.0 Å². The van der Waals surface area contributed by atoms with Gasteiger partial charge >= 0.3 is 0 Å². The summed E-state index contributed by atoms with van der Waals surface area (Å²) < 4.78 is 5.95. The van der Waals surface area contributed by atoms with Crippen LogP contribution in [0.1, 0.15) is 22.7 Å². The maximum absolute atomic E-state index is 12.2. The molecule has 0 unspecified atom stereocenters. The Morgan fingerprint density at radius 1 is 1.14 bits per heavy atom. The molecule has 1 aromatic carbocycles. The van der Waals surface area contributed by atoms with Gasteiger partial charge in [-0.2, -0.15) is 0 Å². The van der Waals surface area contributed by atoms with Gasteiger partial charge in [-0.3, -0.25) is 14.9 Å². The molecule has 7 nitrogen and oxygen atoms in total. The highest BCUT2D eigenvalue weighted by molar-refractivity contribution is 7.22. The molecule has 0 spiro atoms. The number of fused-ring (bicyclic) bond motifs is 1. The average Bonchev–Trinajstić information content (AvgIpc) is 3.40. The van der Waals surface area contributed by atoms with Crippen LogP contribution in [-0.4, -0.2) is 21.8 Å². The minimum atomic E-state index is -0.361. The van der Waals surface area contributed by atoms with Gasteiger partial charge in [0.25, 0.3) is 5.91 Å². The number of carbonyl (C=O) groups is 2. The van der Waals surface area contributed by atoms with Crippen LogP contribution in [0.5, 0.6) is 0 Å². The normalized spacial score (nSPS) is 10.9. The summed E-state index contributed by atoms with van der Waals surface area (Å²) in [5, 5.41) is 8.90. The van der Waals surface area contributed by atoms with Gasteiger partial charge in [-0.25, -0.2) is 9.97 Å². The Kier molecular flexibility index (Phi) is 5.38. The van der Waals surface area contributed by atoms with E-state index < -0.39 is 0 Å². The maximum atomic E-state index is 12.2. The highest BCUT2D eigenvalue weighted by Crippen LogP contribution is 2.28. The number of hydrogen-bond donors (Lipinski definition) is 2. The van der Waals surface area contributed by atoms with Crippen LogP contribution >= 0.6 is 34.3 Å². The van der Waals surface area contributed by atoms with Crippen LogP contribution in [0.2, 0.25) is 5.02 Å². The van der Waals surface area contributed by atoms with Gasteiger partial charge in [0, 0.05) is 16.8 Å². The molecule has 4 rings (SSSR count). The highest BCUT2D eigenvalue weighted by Gasteiger charge is 2.13. The van der Waals surface area contributed by atoms with E-state index in [2.05, 4.69) is 20.6 Å². The lowest BCUT2D eigenvalue weighted by molar-refractivity contribution is -0.116. The standard InChI is InChI=1S/C18H13ClN4O3S2/c19-10-3-5-12-14(8-10)28-18(21-12)22-15(24)6-4-11-9-27-17(20-11)23-16(25)13-2-1-7-26-13/h1-3,5,7-9H,4,6H2,(H,20,23,25)(H,21,22,24). The lowest BCUT2D eigenvalue weighted by Gasteiger charge is -2.00. The maximum Gasteiger partial charge on any atom is 0.293 e. The molecule has 4 aromatic rings. The fourth-order valence-corrected chi connectivity index (χ4v) is 4.32. The zero-order valence-corrected chi connectivity index (χ0v) is 16.7. The lowest BCUT2D eigenvalue weighted by Crippen LogP contribution is -2.12. The van der Waals surface area contributed by atoms with E-state index >= 15 is 0 Å². The summed E-state index contributed by atoms with van der Waals surface area (Å²) in [6.45, 7) is 0. The van der Waals surface area contributed by atoms with Crippen LogP contribution in [0, 0.1) is 0 Å². The number of anilines is 2. The predicted molar refractivity (Wildman–Crippen MR) is 110 cm³/mol. The summed E-state index contributed by atoms with van der Waals surface area (Å²) in [6, 6.07) is 8.61. The summed E-state index contributed by atoms with van der Waals surface area (Å²) in [7, 11) is 0. The summed E-state index contributed by atoms with van der Waals surface area (Å²) in [5.41, 5.74) is 1.52. The monoisotopic (exact) mass is 432 g/mol. The quantitative estimate of drug-likeness (QED) is 0.455. The van der Waals surface area contributed by atoms with Crippen molar-refractivity contribution in [1.82, 2.24) is 9.97 Å². The van der Waals surface area contributed by atoms with Crippen molar-refractivity contribution in [2.75, 3.05) is 10.6 Å². The Bertz CT molecular complexity index is 1140. The molecule has 0 aliphatic rings. The fraction of sp³-hybridized carbons (Fsp3) is 0.111. The van der Waals surface area contributed by atoms with Crippen LogP contribution < -0.4 is 10.6 Å². The van der Waals surface area contributed by atoms with Crippen LogP contribution in [0.3, 0.4) is 0 Å². The molecule has 0 saturated heterocycles. The third-order valence-electron chi connectivity index (χ3n) is 3.72. The first kappa shape index (κ1) is 18.6. The van der Waals surface area contributed by atoms with Gasteiger partial charge in [0.2, 0.25) is 5.91 Å². The first-order chi connectivity index (χ1) is 13.6. The molecule has 0 aliphatic heterocycles. The minimum absolute atomic E-state index is 0.153. The van der Waals surface area contributed by atoms with Crippen molar-refractivity contribution >= 4 is 66.6 Å². The van der Waals surface area contributed by atoms with Crippen molar-refractivity contribution in [2.24, 2.45) is 0 Å². The number of nitrogens with one attached hydrogen (secondary N) is 2. The van der Waals surface area contributed by atoms with Crippen molar-refractivity contribution in [1.29, 1.82) is 0 Å². The number of aryl methyl sites for hydroxylation is 1. The Morgan fingerprint density at radius 3 is 2.86 bits per heavy atom. The van der Waals surface area contributed by atoms with Gasteiger partial charge in [-0.15, -0.1) is 11.3 Å². The highest BCUT2D eigenvalue weighted by atomic mass is 35.5. The number of halogens is 1. The molecule has 3 aromatic heterocycles. The van der Waals surface area contributed by atoms with Crippen molar-refractivity contribution in [3.8, 4) is 0 Å². The van der Waals surface area contributed by atoms with Crippen LogP contribution in [0.4, 0.5) is 10.3 Å². The SMILES string of the molecule is O=C(CCc1csc(NC(=O)c2ccco2)n1)Nc1nc2ccc(Cl)cc2s1. The molecule has 3 heterocycles. The number of aromatic nitrogens is 2. The number of carbonyl (C=O) groups excluding carboxylic acids is 2. The topological polar surface area (TPSA) is 97.1 Å². The molecule has 0 aliphatic carbocycles. The van der Waals surface area contributed by atoms with Gasteiger partial charge in [0.05, 0.1) is 22.2 Å². The first-order valence-corrected chi connectivity index (χ1v) is 10.3. The smallest absolute Gasteiger partial charge is 0.293 e. The number of benzene rings is 1. The molecule has 0 saturated carbocycles. The predicted octanol–water partition coefficient (Wildman–Crippen LogP) is 4.82. The van der Waals surface area contributed by atoms with Crippen molar-refractivity contribution in [3.63, 3.8) is 0 Å². The molecule has 0 radical (unpaired) electrons. The largest absolute Gasteiger partial charge is 0.459 e. The number of hydrogen-bond acceptors (Lipinski definition) is 7. The van der Waals surface area contributed by atoms with E-state index in [-0.39, 0.29) is 24.0 Å². The van der Waals surface area contributed by atoms with E-state index in [0.717, 1.165) is 15.9 Å². The van der Waals surface area contributed by atoms with Gasteiger partial charge in [0.15, 0.2) is 16.0 Å². The molecule has 2 N–H and O–H groups in total. The second-order valence-corrected chi connectivity index (χ2v) is 8.08. The Labute approximate surface area is 172 Å². The zero-order chi connectivity index (χ0) is 19.5. The van der Waals surface area contributed by atoms with E-state index in [9.17, 15) is 9.59 Å². The van der Waals surface area contributed by atoms with Crippen LogP contribution in [0.15, 0.2) is 46.4 Å². The third kappa shape index (κ3) is 4.38. The lowest BCUT2D eigenvalue weighted by atomic mass is 10.2. The number of rotatable bonds is 6. The summed E-state index contributed by atoms with van der Waals surface area (Å²) in [5.74, 6) is -0.299. The molecule has 2 amide bonds. The minimum Gasteiger partial charge on any atom is -0.459 e. The van der Waals surface area contributed by atoms with Crippen molar-refractivity contribution < 1.29 is 14.0 Å². The van der Waals surface area contributed by atoms with Crippen molar-refractivity contribution in [3.05, 3.63) is 58.5 Å². The summed E-state index contributed by atoms with van der Waals surface area (Å²) in [6.07, 6.45) is 2.14. The Balaban J connectivity index is 1.31. The molecule has 10 heteroatoms. The Morgan fingerprint density at radius 2 is 2.04 bits per heavy atom. The number of amides is 2. The van der Waals surface area contributed by atoms with Gasteiger partial charge in [-0.1, -0.05) is 22.9 Å². The molecule has 0 bridgehead atoms. The molecule has 0 atom stereocenters. The number of nitrogens with zero attached hydrogens (tertiary/aromatic N) is 2. The van der Waals surface area contributed by atoms with Gasteiger partial charge in [0.1, 0.15) is 0 Å². The van der Waals surface area contributed by atoms with E-state index in [0.29, 0.717) is 21.7 Å². The summed E-state index contributed by atoms with van der Waals surface area (Å²) in [4.78, 5) is 32.8. The molecular weight excluding hydrogens is 420 g/mol. The van der Waals surface area contributed by atoms with Crippen LogP contribution in [0.25, 0.3) is 10.2 Å². The number of furan rings is 1. The van der Waals surface area contributed by atoms with Gasteiger partial charge < -0.3 is 9.73 Å². The van der Waals surface area contributed by atoms with E-state index in [1.165, 1.54) is 28.9 Å². The second-order valence-electron chi connectivity index (χ2n) is 5.75. The third-order valence-corrected chi connectivity index (χ3v) is 5.70. The first-order valence-electron chi connectivity index (χ1n) is 8.22. The summed E-state index contributed by atoms with van der Waals surface area (Å²) >= 11 is 8.64.